The quantitative estimate of drug-likeness (QED) is 0.647. The predicted molar refractivity (Wildman–Crippen MR) is 113 cm³/mol. The maximum atomic E-state index is 12.8. The maximum absolute atomic E-state index is 12.8. The summed E-state index contributed by atoms with van der Waals surface area (Å²) in [5, 5.41) is 4.86. The average Bonchev–Trinajstić information content (AvgIpc) is 3.28. The second-order valence-corrected chi connectivity index (χ2v) is 8.22. The Morgan fingerprint density at radius 2 is 1.66 bits per heavy atom. The van der Waals surface area contributed by atoms with Crippen LogP contribution in [0.3, 0.4) is 0 Å². The van der Waals surface area contributed by atoms with Crippen LogP contribution in [-0.2, 0) is 12.8 Å². The Balaban J connectivity index is 1.41. The van der Waals surface area contributed by atoms with Crippen LogP contribution in [0.4, 0.5) is 11.4 Å². The van der Waals surface area contributed by atoms with Crippen molar-refractivity contribution >= 4 is 40.4 Å². The van der Waals surface area contributed by atoms with Crippen LogP contribution in [0.25, 0.3) is 0 Å². The molecule has 0 saturated carbocycles. The number of thiophene rings is 1. The molecule has 0 unspecified atom stereocenters. The number of benzene rings is 2. The molecule has 1 aliphatic carbocycles. The minimum Gasteiger partial charge on any atom is -0.322 e. The number of nitrogens with zero attached hydrogens (tertiary/aromatic N) is 1. The topological polar surface area (TPSA) is 66.5 Å². The lowest BCUT2D eigenvalue weighted by molar-refractivity contribution is 0.0925. The van der Waals surface area contributed by atoms with E-state index >= 15 is 0 Å². The third kappa shape index (κ3) is 2.96. The van der Waals surface area contributed by atoms with E-state index in [2.05, 4.69) is 5.32 Å². The minimum atomic E-state index is -0.346. The molecule has 5 nitrogen and oxygen atoms in total. The van der Waals surface area contributed by atoms with Gasteiger partial charge in [-0.3, -0.25) is 14.4 Å². The van der Waals surface area contributed by atoms with Gasteiger partial charge in [0.1, 0.15) is 0 Å². The van der Waals surface area contributed by atoms with E-state index < -0.39 is 0 Å². The Labute approximate surface area is 172 Å². The number of hydrogen-bond donors (Lipinski definition) is 1. The Morgan fingerprint density at radius 3 is 2.41 bits per heavy atom. The molecular weight excluding hydrogens is 384 g/mol. The van der Waals surface area contributed by atoms with Crippen molar-refractivity contribution < 1.29 is 14.4 Å². The first-order valence-electron chi connectivity index (χ1n) is 9.62. The van der Waals surface area contributed by atoms with Crippen LogP contribution in [0.2, 0.25) is 0 Å². The molecule has 1 N–H and O–H groups in total. The van der Waals surface area contributed by atoms with Crippen LogP contribution in [-0.4, -0.2) is 17.7 Å². The van der Waals surface area contributed by atoms with Crippen LogP contribution < -0.4 is 10.2 Å². The largest absolute Gasteiger partial charge is 0.322 e. The lowest BCUT2D eigenvalue weighted by atomic mass is 9.95. The summed E-state index contributed by atoms with van der Waals surface area (Å²) >= 11 is 1.65. The molecule has 0 spiro atoms. The van der Waals surface area contributed by atoms with Crippen molar-refractivity contribution in [1.29, 1.82) is 0 Å². The highest BCUT2D eigenvalue weighted by Gasteiger charge is 2.36. The van der Waals surface area contributed by atoms with E-state index in [9.17, 15) is 14.4 Å². The van der Waals surface area contributed by atoms with Gasteiger partial charge >= 0.3 is 0 Å². The first-order valence-corrected chi connectivity index (χ1v) is 10.5. The molecule has 0 radical (unpaired) electrons. The number of rotatable bonds is 3. The lowest BCUT2D eigenvalue weighted by Crippen LogP contribution is -2.29. The Morgan fingerprint density at radius 1 is 0.931 bits per heavy atom. The van der Waals surface area contributed by atoms with Crippen LogP contribution in [0.5, 0.6) is 0 Å². The highest BCUT2D eigenvalue weighted by molar-refractivity contribution is 7.10. The van der Waals surface area contributed by atoms with Gasteiger partial charge in [-0.25, -0.2) is 4.90 Å². The molecule has 2 heterocycles. The highest BCUT2D eigenvalue weighted by Crippen LogP contribution is 2.32. The molecule has 144 valence electrons. The molecule has 3 aromatic rings. The average molecular weight is 402 g/mol. The summed E-state index contributed by atoms with van der Waals surface area (Å²) in [5.41, 5.74) is 3.70. The number of amides is 3. The molecule has 0 fully saturated rings. The standard InChI is InChI=1S/C23H18N2O3S/c26-21(19-13-29-20-11-4-3-8-16(19)20)24-14-6-5-7-15(12-14)25-22(27)17-9-1-2-10-18(17)23(25)28/h1-2,5-7,9-10,12-13H,3-4,8,11H2,(H,24,26). The molecule has 0 bridgehead atoms. The zero-order valence-corrected chi connectivity index (χ0v) is 16.4. The van der Waals surface area contributed by atoms with Crippen LogP contribution in [0, 0.1) is 0 Å². The number of carbonyl (C=O) groups excluding carboxylic acids is 3. The number of aryl methyl sites for hydroxylation is 1. The fourth-order valence-electron chi connectivity index (χ4n) is 4.03. The van der Waals surface area contributed by atoms with E-state index in [-0.39, 0.29) is 17.7 Å². The number of fused-ring (bicyclic) bond motifs is 2. The summed E-state index contributed by atoms with van der Waals surface area (Å²) in [6.45, 7) is 0. The molecule has 3 amide bonds. The molecule has 5 rings (SSSR count). The molecule has 1 aromatic heterocycles. The van der Waals surface area contributed by atoms with Crippen molar-refractivity contribution in [3.63, 3.8) is 0 Å². The molecule has 29 heavy (non-hydrogen) atoms. The van der Waals surface area contributed by atoms with E-state index in [1.165, 1.54) is 11.3 Å². The summed E-state index contributed by atoms with van der Waals surface area (Å²) in [4.78, 5) is 40.7. The Bertz CT molecular complexity index is 1130. The van der Waals surface area contributed by atoms with E-state index in [1.807, 2.05) is 5.38 Å². The first-order chi connectivity index (χ1) is 14.1. The molecule has 0 saturated heterocycles. The number of carbonyl (C=O) groups is 3. The van der Waals surface area contributed by atoms with Crippen molar-refractivity contribution in [3.05, 3.63) is 81.0 Å². The first kappa shape index (κ1) is 17.8. The zero-order chi connectivity index (χ0) is 20.0. The van der Waals surface area contributed by atoms with E-state index in [1.54, 1.807) is 59.9 Å². The van der Waals surface area contributed by atoms with Gasteiger partial charge in [-0.15, -0.1) is 11.3 Å². The number of anilines is 2. The smallest absolute Gasteiger partial charge is 0.266 e. The van der Waals surface area contributed by atoms with Gasteiger partial charge in [0.15, 0.2) is 0 Å². The van der Waals surface area contributed by atoms with Gasteiger partial charge in [0.25, 0.3) is 17.7 Å². The fraction of sp³-hybridized carbons (Fsp3) is 0.174. The second kappa shape index (κ2) is 6.97. The molecule has 6 heteroatoms. The lowest BCUT2D eigenvalue weighted by Gasteiger charge is -2.16. The summed E-state index contributed by atoms with van der Waals surface area (Å²) in [5.74, 6) is -0.842. The van der Waals surface area contributed by atoms with E-state index in [0.29, 0.717) is 22.5 Å². The van der Waals surface area contributed by atoms with Gasteiger partial charge in [-0.05, 0) is 61.6 Å². The number of hydrogen-bond acceptors (Lipinski definition) is 4. The van der Waals surface area contributed by atoms with Crippen LogP contribution in [0.15, 0.2) is 53.9 Å². The van der Waals surface area contributed by atoms with Gasteiger partial charge in [0.2, 0.25) is 0 Å². The Hall–Kier alpha value is -3.25. The van der Waals surface area contributed by atoms with Crippen molar-refractivity contribution in [2.45, 2.75) is 25.7 Å². The maximum Gasteiger partial charge on any atom is 0.266 e. The van der Waals surface area contributed by atoms with E-state index in [0.717, 1.165) is 35.3 Å². The number of nitrogens with one attached hydrogen (secondary N) is 1. The van der Waals surface area contributed by atoms with E-state index in [4.69, 9.17) is 0 Å². The second-order valence-electron chi connectivity index (χ2n) is 7.25. The van der Waals surface area contributed by atoms with Gasteiger partial charge < -0.3 is 5.32 Å². The van der Waals surface area contributed by atoms with Crippen LogP contribution in [0.1, 0.15) is 54.4 Å². The van der Waals surface area contributed by atoms with Crippen LogP contribution >= 0.6 is 11.3 Å². The van der Waals surface area contributed by atoms with Crippen molar-refractivity contribution in [2.24, 2.45) is 0 Å². The number of imide groups is 1. The third-order valence-corrected chi connectivity index (χ3v) is 6.55. The normalized spacial score (nSPS) is 15.2. The fourth-order valence-corrected chi connectivity index (χ4v) is 5.16. The highest BCUT2D eigenvalue weighted by atomic mass is 32.1. The summed E-state index contributed by atoms with van der Waals surface area (Å²) in [6.07, 6.45) is 4.27. The van der Waals surface area contributed by atoms with Gasteiger partial charge in [-0.2, -0.15) is 0 Å². The molecule has 2 aliphatic rings. The minimum absolute atomic E-state index is 0.149. The van der Waals surface area contributed by atoms with Crippen molar-refractivity contribution in [1.82, 2.24) is 0 Å². The zero-order valence-electron chi connectivity index (χ0n) is 15.6. The Kier molecular flexibility index (Phi) is 4.28. The van der Waals surface area contributed by atoms with Gasteiger partial charge in [0, 0.05) is 15.9 Å². The summed E-state index contributed by atoms with van der Waals surface area (Å²) in [6, 6.07) is 13.7. The summed E-state index contributed by atoms with van der Waals surface area (Å²) < 4.78 is 0. The predicted octanol–water partition coefficient (Wildman–Crippen LogP) is 4.68. The van der Waals surface area contributed by atoms with Gasteiger partial charge in [0.05, 0.1) is 22.4 Å². The molecular formula is C23H18N2O3S. The molecule has 0 atom stereocenters. The monoisotopic (exact) mass is 402 g/mol. The van der Waals surface area contributed by atoms with Crippen molar-refractivity contribution in [3.8, 4) is 0 Å². The molecule has 2 aromatic carbocycles. The summed E-state index contributed by atoms with van der Waals surface area (Å²) in [7, 11) is 0. The molecule has 1 aliphatic heterocycles. The third-order valence-electron chi connectivity index (χ3n) is 5.46. The van der Waals surface area contributed by atoms with Gasteiger partial charge in [-0.1, -0.05) is 18.2 Å². The van der Waals surface area contributed by atoms with Crippen molar-refractivity contribution in [2.75, 3.05) is 10.2 Å². The SMILES string of the molecule is O=C(Nc1cccc(N2C(=O)c3ccccc3C2=O)c1)c1csc2c1CCCC2.